The SMILES string of the molecule is C[C@H]1CC[C@@]2(OC1)O[C@H]1C[C@H]3[C@@H]4CC[C@@H]5C[C@@H](O[C@@H]6O[C@H](CO)[C@@H](O)[C@H](O[C@@H]7O[C@H](CO)[C@@H](O)[C@H](O)[C@H]7O)[C@H]6O[C@@H]6O[C@H](CO)[C@@H](O)[C@H](O)[C@H]6O)CC[C@]5(C)[C@H]4CC[C@]3(C)[C@H]1[C@@H]2C. The fraction of sp³-hybridized carbons (Fsp3) is 1.00. The summed E-state index contributed by atoms with van der Waals surface area (Å²) >= 11 is 0. The molecule has 0 aromatic heterocycles. The third-order valence-corrected chi connectivity index (χ3v) is 18.3. The first-order valence-electron chi connectivity index (χ1n) is 23.8. The Labute approximate surface area is 369 Å². The number of aliphatic hydroxyl groups excluding tert-OH is 10. The second kappa shape index (κ2) is 18.0. The number of aliphatic hydroxyl groups is 10. The third kappa shape index (κ3) is 7.88. The van der Waals surface area contributed by atoms with E-state index < -0.39 is 118 Å². The van der Waals surface area contributed by atoms with Crippen molar-refractivity contribution in [1.29, 1.82) is 0 Å². The summed E-state index contributed by atoms with van der Waals surface area (Å²) in [6.45, 7) is 8.21. The fourth-order valence-electron chi connectivity index (χ4n) is 14.7. The Hall–Kier alpha value is -0.720. The Morgan fingerprint density at radius 1 is 0.556 bits per heavy atom. The molecule has 0 amide bonds. The van der Waals surface area contributed by atoms with Crippen LogP contribution in [0.1, 0.15) is 91.9 Å². The van der Waals surface area contributed by atoms with Crippen LogP contribution in [0, 0.1) is 52.3 Å². The highest BCUT2D eigenvalue weighted by Gasteiger charge is 2.69. The van der Waals surface area contributed by atoms with E-state index in [0.717, 1.165) is 58.0 Å². The van der Waals surface area contributed by atoms with E-state index >= 15 is 0 Å². The predicted octanol–water partition coefficient (Wildman–Crippen LogP) is -0.734. The minimum absolute atomic E-state index is 0.0658. The number of fused-ring (bicyclic) bond motifs is 7. The van der Waals surface area contributed by atoms with Crippen LogP contribution in [0.4, 0.5) is 0 Å². The van der Waals surface area contributed by atoms with Crippen molar-refractivity contribution in [2.75, 3.05) is 26.4 Å². The Morgan fingerprint density at radius 2 is 1.14 bits per heavy atom. The van der Waals surface area contributed by atoms with Crippen LogP contribution in [-0.4, -0.2) is 188 Å². The van der Waals surface area contributed by atoms with Gasteiger partial charge >= 0.3 is 0 Å². The molecule has 362 valence electrons. The average Bonchev–Trinajstić information content (AvgIpc) is 3.72. The lowest BCUT2D eigenvalue weighted by atomic mass is 9.44. The molecule has 0 unspecified atom stereocenters. The molecule has 27 atom stereocenters. The van der Waals surface area contributed by atoms with Crippen molar-refractivity contribution in [3.05, 3.63) is 0 Å². The van der Waals surface area contributed by atoms with E-state index in [1.807, 2.05) is 0 Å². The molecule has 5 saturated heterocycles. The maximum absolute atomic E-state index is 11.6. The molecule has 9 aliphatic rings. The second-order valence-corrected chi connectivity index (χ2v) is 21.5. The Balaban J connectivity index is 0.925. The Morgan fingerprint density at radius 3 is 1.75 bits per heavy atom. The van der Waals surface area contributed by atoms with Gasteiger partial charge in [0.25, 0.3) is 0 Å². The molecule has 9 fully saturated rings. The van der Waals surface area contributed by atoms with Gasteiger partial charge in [0.05, 0.1) is 38.6 Å². The van der Waals surface area contributed by atoms with Crippen LogP contribution in [0.3, 0.4) is 0 Å². The first kappa shape index (κ1) is 47.4. The van der Waals surface area contributed by atoms with Crippen LogP contribution >= 0.6 is 0 Å². The molecule has 5 aliphatic heterocycles. The summed E-state index contributed by atoms with van der Waals surface area (Å²) in [6, 6.07) is 0. The largest absolute Gasteiger partial charge is 0.394 e. The van der Waals surface area contributed by atoms with Gasteiger partial charge in [-0.3, -0.25) is 0 Å². The van der Waals surface area contributed by atoms with Crippen LogP contribution in [0.15, 0.2) is 0 Å². The zero-order valence-corrected chi connectivity index (χ0v) is 37.0. The monoisotopic (exact) mass is 902 g/mol. The fourth-order valence-corrected chi connectivity index (χ4v) is 14.7. The topological polar surface area (TPSA) is 276 Å². The minimum Gasteiger partial charge on any atom is -0.394 e. The van der Waals surface area contributed by atoms with E-state index in [2.05, 4.69) is 27.7 Å². The first-order chi connectivity index (χ1) is 30.0. The summed E-state index contributed by atoms with van der Waals surface area (Å²) < 4.78 is 50.2. The lowest BCUT2D eigenvalue weighted by molar-refractivity contribution is -0.396. The summed E-state index contributed by atoms with van der Waals surface area (Å²) in [4.78, 5) is 0. The first-order valence-corrected chi connectivity index (χ1v) is 23.8. The molecule has 0 radical (unpaired) electrons. The highest BCUT2D eigenvalue weighted by Crippen LogP contribution is 2.71. The molecule has 10 N–H and O–H groups in total. The smallest absolute Gasteiger partial charge is 0.187 e. The van der Waals surface area contributed by atoms with Crippen molar-refractivity contribution in [3.8, 4) is 0 Å². The van der Waals surface area contributed by atoms with Crippen molar-refractivity contribution in [1.82, 2.24) is 0 Å². The van der Waals surface area contributed by atoms with Gasteiger partial charge in [-0.2, -0.15) is 0 Å². The zero-order valence-electron chi connectivity index (χ0n) is 37.0. The summed E-state index contributed by atoms with van der Waals surface area (Å²) in [6.07, 6.45) is -14.7. The van der Waals surface area contributed by atoms with Crippen LogP contribution in [0.2, 0.25) is 0 Å². The van der Waals surface area contributed by atoms with Gasteiger partial charge in [-0.1, -0.05) is 27.7 Å². The molecule has 0 aromatic carbocycles. The Kier molecular flexibility index (Phi) is 13.5. The predicted molar refractivity (Wildman–Crippen MR) is 216 cm³/mol. The molecule has 4 saturated carbocycles. The average molecular weight is 903 g/mol. The molecule has 5 heterocycles. The molecule has 18 heteroatoms. The molecule has 0 aromatic rings. The van der Waals surface area contributed by atoms with Crippen LogP contribution < -0.4 is 0 Å². The van der Waals surface area contributed by atoms with Crippen molar-refractivity contribution < 1.29 is 89.0 Å². The second-order valence-electron chi connectivity index (χ2n) is 21.5. The maximum atomic E-state index is 11.6. The molecule has 9 rings (SSSR count). The van der Waals surface area contributed by atoms with Gasteiger partial charge in [0.2, 0.25) is 0 Å². The number of rotatable bonds is 9. The van der Waals surface area contributed by atoms with Gasteiger partial charge in [0.15, 0.2) is 24.7 Å². The summed E-state index contributed by atoms with van der Waals surface area (Å²) in [7, 11) is 0. The van der Waals surface area contributed by atoms with E-state index in [9.17, 15) is 51.1 Å². The minimum atomic E-state index is -1.87. The molecular formula is C45H74O18. The lowest BCUT2D eigenvalue weighted by Crippen LogP contribution is -2.67. The van der Waals surface area contributed by atoms with Crippen molar-refractivity contribution >= 4 is 0 Å². The van der Waals surface area contributed by atoms with Gasteiger partial charge in [-0.05, 0) is 104 Å². The normalized spacial score (nSPS) is 58.2. The number of hydrogen-bond acceptors (Lipinski definition) is 18. The summed E-state index contributed by atoms with van der Waals surface area (Å²) in [5.74, 6) is 2.99. The van der Waals surface area contributed by atoms with E-state index in [1.54, 1.807) is 0 Å². The number of ether oxygens (including phenoxy) is 8. The number of hydrogen-bond donors (Lipinski definition) is 10. The van der Waals surface area contributed by atoms with E-state index in [1.165, 1.54) is 0 Å². The van der Waals surface area contributed by atoms with Crippen LogP contribution in [-0.2, 0) is 37.9 Å². The standard InChI is InChI=1S/C45H74O18/c1-19-7-12-45(56-18-19)20(2)30-26(63-45)14-25-23-6-5-21-13-22(8-10-43(21,3)24(23)9-11-44(25,30)4)57-42-39(62-41-37(55)35(53)32(50)28(16-47)59-41)38(33(51)29(17-48)60-42)61-40-36(54)34(52)31(49)27(15-46)58-40/h19-42,46-55H,5-18H2,1-4H3/t19-,20-,21+,22-,23+,24-,25-,26-,27+,28+,29+,30-,31+,32+,33+,34-,35-,36+,37+,38-,39+,40-,41-,42+,43-,44-,45+/m0/s1. The molecule has 63 heavy (non-hydrogen) atoms. The zero-order chi connectivity index (χ0) is 44.9. The van der Waals surface area contributed by atoms with Gasteiger partial charge < -0.3 is 89.0 Å². The highest BCUT2D eigenvalue weighted by atomic mass is 16.8. The van der Waals surface area contributed by atoms with E-state index in [4.69, 9.17) is 37.9 Å². The molecule has 0 bridgehead atoms. The van der Waals surface area contributed by atoms with E-state index in [0.29, 0.717) is 54.3 Å². The van der Waals surface area contributed by atoms with Crippen molar-refractivity contribution in [2.45, 2.75) is 202 Å². The van der Waals surface area contributed by atoms with Gasteiger partial charge in [-0.15, -0.1) is 0 Å². The van der Waals surface area contributed by atoms with E-state index in [-0.39, 0.29) is 23.0 Å². The summed E-state index contributed by atoms with van der Waals surface area (Å²) in [5.41, 5.74) is 0.261. The maximum Gasteiger partial charge on any atom is 0.187 e. The quantitative estimate of drug-likeness (QED) is 0.128. The lowest BCUT2D eigenvalue weighted by Gasteiger charge is -2.61. The molecule has 18 nitrogen and oxygen atoms in total. The Bertz CT molecular complexity index is 1570. The molecule has 4 aliphatic carbocycles. The van der Waals surface area contributed by atoms with Gasteiger partial charge in [0, 0.05) is 12.3 Å². The van der Waals surface area contributed by atoms with Crippen LogP contribution in [0.25, 0.3) is 0 Å². The van der Waals surface area contributed by atoms with Crippen LogP contribution in [0.5, 0.6) is 0 Å². The molecular weight excluding hydrogens is 828 g/mol. The summed E-state index contributed by atoms with van der Waals surface area (Å²) in [5, 5.41) is 106. The molecule has 1 spiro atoms. The highest BCUT2D eigenvalue weighted by molar-refractivity contribution is 5.15. The van der Waals surface area contributed by atoms with Gasteiger partial charge in [-0.25, -0.2) is 0 Å². The van der Waals surface area contributed by atoms with Crippen molar-refractivity contribution in [2.24, 2.45) is 52.3 Å². The van der Waals surface area contributed by atoms with Crippen molar-refractivity contribution in [3.63, 3.8) is 0 Å². The third-order valence-electron chi connectivity index (χ3n) is 18.3. The van der Waals surface area contributed by atoms with Gasteiger partial charge in [0.1, 0.15) is 73.2 Å².